The Morgan fingerprint density at radius 2 is 1.30 bits per heavy atom. The topological polar surface area (TPSA) is 382 Å². The van der Waals surface area contributed by atoms with E-state index in [1.165, 1.54) is 77.6 Å². The number of aliphatic carboxylic acids is 1. The number of aryl methyl sites for hydroxylation is 2. The summed E-state index contributed by atoms with van der Waals surface area (Å²) in [6.45, 7) is 0.915. The van der Waals surface area contributed by atoms with Gasteiger partial charge in [0.05, 0.1) is 17.0 Å². The van der Waals surface area contributed by atoms with E-state index in [1.807, 2.05) is 0 Å². The summed E-state index contributed by atoms with van der Waals surface area (Å²) in [6.07, 6.45) is 2.96. The van der Waals surface area contributed by atoms with Crippen LogP contribution in [0, 0.1) is 34.1 Å². The minimum atomic E-state index is -1.45. The summed E-state index contributed by atoms with van der Waals surface area (Å²) in [5.41, 5.74) is 0.270. The van der Waals surface area contributed by atoms with Crippen LogP contribution in [0.4, 0.5) is 17.3 Å². The molecule has 1 unspecified atom stereocenters. The van der Waals surface area contributed by atoms with Crippen molar-refractivity contribution in [1.29, 1.82) is 0 Å². The van der Waals surface area contributed by atoms with Gasteiger partial charge in [-0.15, -0.1) is 0 Å². The first-order valence-corrected chi connectivity index (χ1v) is 22.6. The van der Waals surface area contributed by atoms with E-state index < -0.39 is 92.8 Å². The van der Waals surface area contributed by atoms with Gasteiger partial charge in [0.2, 0.25) is 11.5 Å². The molecule has 1 aliphatic rings. The van der Waals surface area contributed by atoms with Crippen molar-refractivity contribution in [3.63, 3.8) is 0 Å². The van der Waals surface area contributed by atoms with Crippen LogP contribution in [0.5, 0.6) is 17.2 Å². The van der Waals surface area contributed by atoms with Gasteiger partial charge in [-0.05, 0) is 70.5 Å². The van der Waals surface area contributed by atoms with Crippen molar-refractivity contribution in [2.75, 3.05) is 31.9 Å². The molecule has 4 aromatic heterocycles. The molecule has 0 amide bonds. The number of aromatic hydroxyl groups is 1. The van der Waals surface area contributed by atoms with Crippen LogP contribution in [0.1, 0.15) is 43.1 Å². The number of allylic oxidation sites excluding steroid dienone is 2. The number of carboxylic acid groups (broad SMARTS) is 1. The number of carbonyl (C=O) groups is 4. The highest BCUT2D eigenvalue weighted by Crippen LogP contribution is 2.28. The van der Waals surface area contributed by atoms with Gasteiger partial charge in [-0.1, -0.05) is 12.1 Å². The Morgan fingerprint density at radius 3 is 1.79 bits per heavy atom. The molecule has 4 N–H and O–H groups in total. The van der Waals surface area contributed by atoms with Crippen molar-refractivity contribution in [3.8, 4) is 17.2 Å². The number of fused-ring (bicyclic) bond motifs is 2. The van der Waals surface area contributed by atoms with E-state index in [0.717, 1.165) is 42.7 Å². The molecule has 28 heteroatoms. The number of aliphatic hydroxyl groups excluding tert-OH is 1. The van der Waals surface area contributed by atoms with Crippen molar-refractivity contribution in [2.24, 2.45) is 5.10 Å². The largest absolute Gasteiger partial charge is 0.507 e. The Bertz CT molecular complexity index is 3560. The number of imidazole rings is 2. The van der Waals surface area contributed by atoms with Gasteiger partial charge < -0.3 is 68.1 Å². The van der Waals surface area contributed by atoms with E-state index in [4.69, 9.17) is 32.5 Å². The van der Waals surface area contributed by atoms with Crippen molar-refractivity contribution in [2.45, 2.75) is 39.1 Å². The SMILES string of the molecule is Cc1ncc([N+](=O)[O-])n1CCOC(=O)c1cc(=O)c2c(OCC(COc3cccc4oc(C(=O)OCCn5c([N+](=O)[O-])cnc5C)cc(=O)c34)OC(=O)c3cc(N/N=C4\C=CC(O)C(C(=O)O)=C4)ccc3O)cccc2o1. The average molecular weight is 1060 g/mol. The molecule has 77 heavy (non-hydrogen) atoms. The van der Waals surface area contributed by atoms with Crippen LogP contribution in [0.15, 0.2) is 126 Å². The maximum absolute atomic E-state index is 13.9. The van der Waals surface area contributed by atoms with Gasteiger partial charge in [0.25, 0.3) is 0 Å². The zero-order chi connectivity index (χ0) is 55.1. The summed E-state index contributed by atoms with van der Waals surface area (Å²) in [7, 11) is 0. The molecule has 28 nitrogen and oxygen atoms in total. The fourth-order valence-electron chi connectivity index (χ4n) is 7.59. The molecule has 0 saturated carbocycles. The summed E-state index contributed by atoms with van der Waals surface area (Å²) in [5.74, 6) is -6.51. The van der Waals surface area contributed by atoms with E-state index in [-0.39, 0.29) is 88.3 Å². The number of anilines is 1. The monoisotopic (exact) mass is 1060 g/mol. The highest BCUT2D eigenvalue weighted by molar-refractivity contribution is 6.10. The number of ether oxygens (including phenoxy) is 5. The molecular formula is C49H40N8O20. The van der Waals surface area contributed by atoms with Crippen molar-refractivity contribution in [1.82, 2.24) is 19.1 Å². The van der Waals surface area contributed by atoms with Gasteiger partial charge in [-0.2, -0.15) is 5.10 Å². The molecule has 8 rings (SSSR count). The van der Waals surface area contributed by atoms with Gasteiger partial charge in [-0.25, -0.2) is 38.3 Å². The maximum Gasteiger partial charge on any atom is 0.374 e. The third-order valence-electron chi connectivity index (χ3n) is 11.3. The number of phenols is 1. The molecule has 0 spiro atoms. The first-order chi connectivity index (χ1) is 36.9. The molecule has 0 bridgehead atoms. The highest BCUT2D eigenvalue weighted by atomic mass is 16.6. The number of rotatable bonds is 21. The lowest BCUT2D eigenvalue weighted by Gasteiger charge is -2.20. The molecule has 1 atom stereocenters. The van der Waals surface area contributed by atoms with Gasteiger partial charge in [0.15, 0.2) is 28.6 Å². The first kappa shape index (κ1) is 52.8. The van der Waals surface area contributed by atoms with Crippen LogP contribution in [0.25, 0.3) is 21.9 Å². The lowest BCUT2D eigenvalue weighted by Crippen LogP contribution is -2.31. The van der Waals surface area contributed by atoms with E-state index in [2.05, 4.69) is 20.5 Å². The lowest BCUT2D eigenvalue weighted by atomic mass is 10.0. The zero-order valence-electron chi connectivity index (χ0n) is 40.0. The van der Waals surface area contributed by atoms with Gasteiger partial charge in [0, 0.05) is 26.0 Å². The van der Waals surface area contributed by atoms with E-state index in [1.54, 1.807) is 0 Å². The normalized spacial score (nSPS) is 13.6. The molecule has 4 heterocycles. The van der Waals surface area contributed by atoms with Crippen LogP contribution in [0.2, 0.25) is 0 Å². The minimum Gasteiger partial charge on any atom is -0.507 e. The Balaban J connectivity index is 1.02. The standard InChI is InChI=1S/C49H40N8O20/c1-25-50-21-42(56(67)68)54(25)13-15-71-48(65)40-19-34(60)44-36(5-3-7-38(44)76-40)73-23-29(75-47(64)31-18-28(10-12-33(31)59)53-52-27-9-11-32(58)30(17-27)46(62)63)24-74-37-6-4-8-39-45(37)35(61)20-41(77-39)49(66)72-16-14-55-26(2)51-22-43(55)57(69)70/h3-12,17-22,29,32,53,58-59H,13-16,23-24H2,1-2H3,(H,62,63)/b52-27+. The van der Waals surface area contributed by atoms with Gasteiger partial charge in [0.1, 0.15) is 103 Å². The number of esters is 3. The number of hydrazone groups is 1. The number of hydrogen-bond donors (Lipinski definition) is 4. The fraction of sp³-hybridized carbons (Fsp3) is 0.204. The van der Waals surface area contributed by atoms with Crippen LogP contribution in [0.3, 0.4) is 0 Å². The Labute approximate surface area is 429 Å². The highest BCUT2D eigenvalue weighted by Gasteiger charge is 2.26. The Kier molecular flexibility index (Phi) is 15.6. The number of carboxylic acids is 1. The molecule has 0 aliphatic heterocycles. The first-order valence-electron chi connectivity index (χ1n) is 22.6. The molecule has 0 radical (unpaired) electrons. The smallest absolute Gasteiger partial charge is 0.374 e. The molecule has 1 aliphatic carbocycles. The number of nitro groups is 2. The second kappa shape index (κ2) is 22.7. The van der Waals surface area contributed by atoms with Crippen LogP contribution >= 0.6 is 0 Å². The molecule has 0 saturated heterocycles. The number of aromatic nitrogens is 4. The predicted molar refractivity (Wildman–Crippen MR) is 263 cm³/mol. The summed E-state index contributed by atoms with van der Waals surface area (Å²) in [5, 5.41) is 56.7. The van der Waals surface area contributed by atoms with Crippen LogP contribution in [-0.4, -0.2) is 112 Å². The number of carbonyl (C=O) groups excluding carboxylic acids is 3. The summed E-state index contributed by atoms with van der Waals surface area (Å²) >= 11 is 0. The predicted octanol–water partition coefficient (Wildman–Crippen LogP) is 4.54. The van der Waals surface area contributed by atoms with E-state index in [0.29, 0.717) is 11.6 Å². The zero-order valence-corrected chi connectivity index (χ0v) is 40.0. The van der Waals surface area contributed by atoms with Gasteiger partial charge >= 0.3 is 35.5 Å². The van der Waals surface area contributed by atoms with E-state index in [9.17, 15) is 64.3 Å². The Morgan fingerprint density at radius 1 is 0.779 bits per heavy atom. The number of nitrogens with one attached hydrogen (secondary N) is 1. The maximum atomic E-state index is 13.9. The number of hydrogen-bond acceptors (Lipinski definition) is 23. The number of benzene rings is 3. The second-order valence-corrected chi connectivity index (χ2v) is 16.4. The molecule has 7 aromatic rings. The van der Waals surface area contributed by atoms with Gasteiger partial charge in [-0.3, -0.25) is 15.0 Å². The molecule has 3 aromatic carbocycles. The third kappa shape index (κ3) is 12.0. The summed E-state index contributed by atoms with van der Waals surface area (Å²) in [6, 6.07) is 13.6. The van der Waals surface area contributed by atoms with Crippen molar-refractivity contribution < 1.29 is 76.9 Å². The minimum absolute atomic E-state index is 0.0926. The van der Waals surface area contributed by atoms with Crippen molar-refractivity contribution in [3.05, 3.63) is 172 Å². The Hall–Kier alpha value is -10.5. The quantitative estimate of drug-likeness (QED) is 0.0252. The van der Waals surface area contributed by atoms with Crippen LogP contribution < -0.4 is 25.8 Å². The third-order valence-corrected chi connectivity index (χ3v) is 11.3. The number of phenolic OH excluding ortho intramolecular Hbond substituents is 1. The lowest BCUT2D eigenvalue weighted by molar-refractivity contribution is -0.392. The summed E-state index contributed by atoms with van der Waals surface area (Å²) < 4.78 is 42.2. The average Bonchev–Trinajstić information content (AvgIpc) is 3.97. The molecular weight excluding hydrogens is 1020 g/mol. The van der Waals surface area contributed by atoms with Crippen molar-refractivity contribution >= 4 is 68.9 Å². The second-order valence-electron chi connectivity index (χ2n) is 16.4. The summed E-state index contributed by atoms with van der Waals surface area (Å²) in [4.78, 5) is 108. The number of nitrogens with zero attached hydrogens (tertiary/aromatic N) is 7. The molecule has 0 fully saturated rings. The number of aliphatic hydroxyl groups is 1. The van der Waals surface area contributed by atoms with E-state index >= 15 is 0 Å². The van der Waals surface area contributed by atoms with Crippen LogP contribution in [-0.2, 0) is 32.1 Å². The fourth-order valence-corrected chi connectivity index (χ4v) is 7.59. The molecule has 396 valence electrons.